The molecule has 1 atom stereocenters. The van der Waals surface area contributed by atoms with Gasteiger partial charge in [0.2, 0.25) is 0 Å². The first-order chi connectivity index (χ1) is 10.1. The Kier molecular flexibility index (Phi) is 3.29. The van der Waals surface area contributed by atoms with Crippen LogP contribution in [0.2, 0.25) is 0 Å². The molecular formula is C15H14FN3O2. The topological polar surface area (TPSA) is 66.3 Å². The number of benzene rings is 1. The summed E-state index contributed by atoms with van der Waals surface area (Å²) in [6.07, 6.45) is 1.58. The van der Waals surface area contributed by atoms with Gasteiger partial charge in [-0.25, -0.2) is 19.2 Å². The summed E-state index contributed by atoms with van der Waals surface area (Å²) >= 11 is 0. The van der Waals surface area contributed by atoms with Crippen LogP contribution in [0, 0.1) is 12.7 Å². The number of aryl methyl sites for hydroxylation is 1. The molecule has 0 amide bonds. The van der Waals surface area contributed by atoms with Gasteiger partial charge in [-0.05, 0) is 18.1 Å². The van der Waals surface area contributed by atoms with E-state index >= 15 is 0 Å². The van der Waals surface area contributed by atoms with Gasteiger partial charge in [-0.1, -0.05) is 24.3 Å². The number of hydrogen-bond acceptors (Lipinski definition) is 4. The molecule has 0 fully saturated rings. The van der Waals surface area contributed by atoms with E-state index in [0.29, 0.717) is 13.0 Å². The Morgan fingerprint density at radius 3 is 2.76 bits per heavy atom. The number of carbonyl (C=O) groups is 1. The van der Waals surface area contributed by atoms with Crippen LogP contribution in [0.3, 0.4) is 0 Å². The molecule has 2 heterocycles. The molecule has 2 aromatic rings. The van der Waals surface area contributed by atoms with Gasteiger partial charge in [0.15, 0.2) is 11.6 Å². The molecule has 0 saturated carbocycles. The van der Waals surface area contributed by atoms with Gasteiger partial charge in [-0.15, -0.1) is 0 Å². The van der Waals surface area contributed by atoms with Gasteiger partial charge in [0, 0.05) is 13.0 Å². The fraction of sp³-hybridized carbons (Fsp3) is 0.267. The van der Waals surface area contributed by atoms with Gasteiger partial charge in [0.25, 0.3) is 0 Å². The smallest absolute Gasteiger partial charge is 0.326 e. The van der Waals surface area contributed by atoms with E-state index in [1.807, 2.05) is 24.3 Å². The molecule has 1 aliphatic rings. The fourth-order valence-corrected chi connectivity index (χ4v) is 2.61. The molecule has 5 nitrogen and oxygen atoms in total. The van der Waals surface area contributed by atoms with Gasteiger partial charge in [0.05, 0.1) is 5.69 Å². The van der Waals surface area contributed by atoms with Crippen LogP contribution in [0.5, 0.6) is 0 Å². The van der Waals surface area contributed by atoms with E-state index in [1.165, 1.54) is 18.2 Å². The summed E-state index contributed by atoms with van der Waals surface area (Å²) in [6.45, 7) is 1.86. The van der Waals surface area contributed by atoms with Crippen LogP contribution in [0.15, 0.2) is 30.6 Å². The predicted molar refractivity (Wildman–Crippen MR) is 74.5 cm³/mol. The third kappa shape index (κ3) is 2.33. The van der Waals surface area contributed by atoms with Crippen LogP contribution in [-0.2, 0) is 17.8 Å². The monoisotopic (exact) mass is 287 g/mol. The first kappa shape index (κ1) is 13.5. The quantitative estimate of drug-likeness (QED) is 0.914. The Labute approximate surface area is 121 Å². The van der Waals surface area contributed by atoms with Gasteiger partial charge in [0.1, 0.15) is 12.4 Å². The number of hydrogen-bond donors (Lipinski definition) is 1. The van der Waals surface area contributed by atoms with E-state index in [1.54, 1.807) is 0 Å². The lowest BCUT2D eigenvalue weighted by Gasteiger charge is -2.35. The van der Waals surface area contributed by atoms with Crippen molar-refractivity contribution in [1.82, 2.24) is 9.97 Å². The minimum Gasteiger partial charge on any atom is -0.480 e. The lowest BCUT2D eigenvalue weighted by molar-refractivity contribution is -0.138. The summed E-state index contributed by atoms with van der Waals surface area (Å²) in [6, 6.07) is 6.77. The highest BCUT2D eigenvalue weighted by Gasteiger charge is 2.33. The molecule has 6 heteroatoms. The molecule has 21 heavy (non-hydrogen) atoms. The Hall–Kier alpha value is -2.50. The third-order valence-electron chi connectivity index (χ3n) is 3.75. The second-order valence-electron chi connectivity index (χ2n) is 5.05. The Bertz CT molecular complexity index is 705. The molecule has 1 aromatic heterocycles. The number of rotatable bonds is 2. The van der Waals surface area contributed by atoms with Crippen molar-refractivity contribution in [2.24, 2.45) is 0 Å². The van der Waals surface area contributed by atoms with Crippen LogP contribution in [0.4, 0.5) is 10.2 Å². The zero-order chi connectivity index (χ0) is 15.0. The lowest BCUT2D eigenvalue weighted by Crippen LogP contribution is -2.46. The summed E-state index contributed by atoms with van der Waals surface area (Å²) < 4.78 is 14.2. The number of halogens is 1. The number of aromatic nitrogens is 2. The van der Waals surface area contributed by atoms with Crippen LogP contribution in [0.25, 0.3) is 0 Å². The normalized spacial score (nSPS) is 17.4. The summed E-state index contributed by atoms with van der Waals surface area (Å²) in [7, 11) is 0. The van der Waals surface area contributed by atoms with Crippen LogP contribution in [-0.4, -0.2) is 27.1 Å². The lowest BCUT2D eigenvalue weighted by atomic mass is 9.94. The molecule has 3 rings (SSSR count). The molecule has 1 N–H and O–H groups in total. The van der Waals surface area contributed by atoms with E-state index in [0.717, 1.165) is 11.1 Å². The molecular weight excluding hydrogens is 273 g/mol. The number of aliphatic carboxylic acids is 1. The van der Waals surface area contributed by atoms with Crippen molar-refractivity contribution in [1.29, 1.82) is 0 Å². The molecule has 0 aliphatic carbocycles. The zero-order valence-corrected chi connectivity index (χ0v) is 11.5. The molecule has 0 spiro atoms. The number of nitrogens with zero attached hydrogens (tertiary/aromatic N) is 3. The van der Waals surface area contributed by atoms with Crippen molar-refractivity contribution in [3.63, 3.8) is 0 Å². The molecule has 1 aromatic carbocycles. The van der Waals surface area contributed by atoms with Crippen LogP contribution >= 0.6 is 0 Å². The average molecular weight is 287 g/mol. The predicted octanol–water partition coefficient (Wildman–Crippen LogP) is 1.94. The van der Waals surface area contributed by atoms with Crippen molar-refractivity contribution in [2.45, 2.75) is 25.9 Å². The molecule has 0 saturated heterocycles. The summed E-state index contributed by atoms with van der Waals surface area (Å²) in [5.74, 6) is -1.51. The van der Waals surface area contributed by atoms with E-state index in [-0.39, 0.29) is 11.5 Å². The fourth-order valence-electron chi connectivity index (χ4n) is 2.61. The maximum atomic E-state index is 14.2. The largest absolute Gasteiger partial charge is 0.480 e. The van der Waals surface area contributed by atoms with Gasteiger partial charge in [-0.3, -0.25) is 0 Å². The SMILES string of the molecule is Cc1ncnc(N2Cc3ccccc3CC2C(=O)O)c1F. The maximum absolute atomic E-state index is 14.2. The van der Waals surface area contributed by atoms with Gasteiger partial charge in [-0.2, -0.15) is 0 Å². The minimum atomic E-state index is -0.986. The summed E-state index contributed by atoms with van der Waals surface area (Å²) in [4.78, 5) is 20.8. The first-order valence-electron chi connectivity index (χ1n) is 6.61. The van der Waals surface area contributed by atoms with Crippen LogP contribution in [0.1, 0.15) is 16.8 Å². The first-order valence-corrected chi connectivity index (χ1v) is 6.61. The zero-order valence-electron chi connectivity index (χ0n) is 11.5. The second-order valence-corrected chi connectivity index (χ2v) is 5.05. The van der Waals surface area contributed by atoms with E-state index in [9.17, 15) is 14.3 Å². The highest BCUT2D eigenvalue weighted by Crippen LogP contribution is 2.29. The number of fused-ring (bicyclic) bond motifs is 1. The van der Waals surface area contributed by atoms with Gasteiger partial charge < -0.3 is 10.0 Å². The van der Waals surface area contributed by atoms with E-state index in [4.69, 9.17) is 0 Å². The standard InChI is InChI=1S/C15H14FN3O2/c1-9-13(16)14(18-8-17-9)19-7-11-5-3-2-4-10(11)6-12(19)15(20)21/h2-5,8,12H,6-7H2,1H3,(H,20,21). The molecule has 0 radical (unpaired) electrons. The van der Waals surface area contributed by atoms with Crippen LogP contribution < -0.4 is 4.90 Å². The van der Waals surface area contributed by atoms with E-state index in [2.05, 4.69) is 9.97 Å². The molecule has 1 aliphatic heterocycles. The minimum absolute atomic E-state index is 0.0457. The van der Waals surface area contributed by atoms with E-state index < -0.39 is 17.8 Å². The maximum Gasteiger partial charge on any atom is 0.326 e. The van der Waals surface area contributed by atoms with Gasteiger partial charge >= 0.3 is 5.97 Å². The molecule has 108 valence electrons. The Morgan fingerprint density at radius 1 is 1.33 bits per heavy atom. The highest BCUT2D eigenvalue weighted by molar-refractivity contribution is 5.79. The molecule has 1 unspecified atom stereocenters. The van der Waals surface area contributed by atoms with Crippen molar-refractivity contribution in [2.75, 3.05) is 4.90 Å². The average Bonchev–Trinajstić information content (AvgIpc) is 2.48. The van der Waals surface area contributed by atoms with Crippen molar-refractivity contribution in [3.05, 3.63) is 53.2 Å². The van der Waals surface area contributed by atoms with Crippen molar-refractivity contribution in [3.8, 4) is 0 Å². The number of carboxylic acid groups (broad SMARTS) is 1. The summed E-state index contributed by atoms with van der Waals surface area (Å²) in [5.41, 5.74) is 2.18. The van der Waals surface area contributed by atoms with Crippen molar-refractivity contribution < 1.29 is 14.3 Å². The summed E-state index contributed by atoms with van der Waals surface area (Å²) in [5, 5.41) is 9.45. The number of carboxylic acids is 1. The third-order valence-corrected chi connectivity index (χ3v) is 3.75. The van der Waals surface area contributed by atoms with Crippen molar-refractivity contribution >= 4 is 11.8 Å². The Balaban J connectivity index is 2.07. The second kappa shape index (κ2) is 5.12. The molecule has 0 bridgehead atoms. The highest BCUT2D eigenvalue weighted by atomic mass is 19.1. The number of anilines is 1. The Morgan fingerprint density at radius 2 is 2.05 bits per heavy atom.